The van der Waals surface area contributed by atoms with E-state index in [1.165, 1.54) is 0 Å². The van der Waals surface area contributed by atoms with E-state index in [-0.39, 0.29) is 12.4 Å². The average molecular weight is 168 g/mol. The summed E-state index contributed by atoms with van der Waals surface area (Å²) < 4.78 is 0. The number of hydrogen-bond donors (Lipinski definition) is 1. The van der Waals surface area contributed by atoms with Gasteiger partial charge in [0, 0.05) is 12.1 Å². The van der Waals surface area contributed by atoms with Crippen LogP contribution in [0.15, 0.2) is 24.3 Å². The molecule has 0 bridgehead atoms. The fourth-order valence-corrected chi connectivity index (χ4v) is 0.839. The molecule has 0 radical (unpaired) electrons. The minimum absolute atomic E-state index is 0. The third kappa shape index (κ3) is 2.27. The topological polar surface area (TPSA) is 26.0 Å². The van der Waals surface area contributed by atoms with Gasteiger partial charge in [-0.2, -0.15) is 0 Å². The lowest BCUT2D eigenvalue weighted by Crippen LogP contribution is -1.98. The van der Waals surface area contributed by atoms with E-state index in [0.29, 0.717) is 6.54 Å². The maximum absolute atomic E-state index is 5.43. The smallest absolute Gasteiger partial charge is 0.0287 e. The lowest BCUT2D eigenvalue weighted by atomic mass is 10.1. The van der Waals surface area contributed by atoms with Crippen LogP contribution in [0.5, 0.6) is 0 Å². The van der Waals surface area contributed by atoms with Crippen molar-refractivity contribution in [2.45, 2.75) is 6.54 Å². The summed E-state index contributed by atoms with van der Waals surface area (Å²) in [6.07, 6.45) is 5.22. The van der Waals surface area contributed by atoms with Gasteiger partial charge in [0.1, 0.15) is 0 Å². The Labute approximate surface area is 73.0 Å². The molecule has 0 aliphatic carbocycles. The van der Waals surface area contributed by atoms with Gasteiger partial charge < -0.3 is 5.73 Å². The molecule has 0 heterocycles. The molecule has 0 aliphatic heterocycles. The second-order valence-corrected chi connectivity index (χ2v) is 2.01. The molecule has 0 spiro atoms. The van der Waals surface area contributed by atoms with Gasteiger partial charge in [0.2, 0.25) is 0 Å². The molecule has 1 aromatic carbocycles. The molecule has 58 valence electrons. The summed E-state index contributed by atoms with van der Waals surface area (Å²) in [6.45, 7) is 0.514. The molecule has 11 heavy (non-hydrogen) atoms. The second kappa shape index (κ2) is 4.79. The molecule has 1 rings (SSSR count). The first-order valence-electron chi connectivity index (χ1n) is 3.13. The van der Waals surface area contributed by atoms with E-state index in [4.69, 9.17) is 12.2 Å². The number of hydrogen-bond acceptors (Lipinski definition) is 1. The first-order valence-corrected chi connectivity index (χ1v) is 3.13. The first-order chi connectivity index (χ1) is 4.88. The molecule has 1 nitrogen and oxygen atoms in total. The zero-order valence-electron chi connectivity index (χ0n) is 6.08. The molecule has 0 saturated heterocycles. The van der Waals surface area contributed by atoms with Gasteiger partial charge in [-0.1, -0.05) is 24.1 Å². The van der Waals surface area contributed by atoms with Crippen LogP contribution in [0.2, 0.25) is 0 Å². The molecule has 0 atom stereocenters. The molecule has 0 fully saturated rings. The van der Waals surface area contributed by atoms with E-state index in [1.54, 1.807) is 0 Å². The van der Waals surface area contributed by atoms with Gasteiger partial charge in [0.05, 0.1) is 0 Å². The Morgan fingerprint density at radius 1 is 1.36 bits per heavy atom. The molecule has 2 N–H and O–H groups in total. The van der Waals surface area contributed by atoms with Gasteiger partial charge >= 0.3 is 0 Å². The maximum atomic E-state index is 5.43. The quantitative estimate of drug-likeness (QED) is 0.632. The highest BCUT2D eigenvalue weighted by Crippen LogP contribution is 2.04. The van der Waals surface area contributed by atoms with Crippen molar-refractivity contribution in [3.8, 4) is 12.3 Å². The Bertz CT molecular complexity index is 263. The number of benzene rings is 1. The van der Waals surface area contributed by atoms with Gasteiger partial charge in [-0.15, -0.1) is 18.8 Å². The van der Waals surface area contributed by atoms with Crippen LogP contribution in [0.4, 0.5) is 0 Å². The predicted molar refractivity (Wildman–Crippen MR) is 49.5 cm³/mol. The van der Waals surface area contributed by atoms with Crippen LogP contribution in [0.25, 0.3) is 0 Å². The summed E-state index contributed by atoms with van der Waals surface area (Å²) in [5.41, 5.74) is 7.36. The van der Waals surface area contributed by atoms with Crippen LogP contribution in [0, 0.1) is 12.3 Å². The van der Waals surface area contributed by atoms with Crippen LogP contribution >= 0.6 is 12.4 Å². The van der Waals surface area contributed by atoms with Gasteiger partial charge in [0.25, 0.3) is 0 Å². The molecule has 0 amide bonds. The van der Waals surface area contributed by atoms with Crippen molar-refractivity contribution in [2.75, 3.05) is 0 Å². The zero-order chi connectivity index (χ0) is 7.40. The summed E-state index contributed by atoms with van der Waals surface area (Å²) in [4.78, 5) is 0. The highest BCUT2D eigenvalue weighted by Gasteiger charge is 1.92. The Balaban J connectivity index is 0.000001000. The zero-order valence-corrected chi connectivity index (χ0v) is 6.90. The normalized spacial score (nSPS) is 8.00. The Hall–Kier alpha value is -0.970. The van der Waals surface area contributed by atoms with Crippen molar-refractivity contribution < 1.29 is 0 Å². The molecule has 2 heteroatoms. The molecule has 0 aliphatic rings. The summed E-state index contributed by atoms with van der Waals surface area (Å²) in [6, 6.07) is 7.68. The van der Waals surface area contributed by atoms with Crippen LogP contribution < -0.4 is 5.73 Å². The van der Waals surface area contributed by atoms with Crippen LogP contribution in [0.1, 0.15) is 11.1 Å². The van der Waals surface area contributed by atoms with Gasteiger partial charge in [-0.3, -0.25) is 0 Å². The van der Waals surface area contributed by atoms with Crippen molar-refractivity contribution in [3.63, 3.8) is 0 Å². The molecule has 0 saturated carbocycles. The van der Waals surface area contributed by atoms with Gasteiger partial charge in [0.15, 0.2) is 0 Å². The fraction of sp³-hybridized carbons (Fsp3) is 0.111. The largest absolute Gasteiger partial charge is 0.326 e. The summed E-state index contributed by atoms with van der Waals surface area (Å²) in [7, 11) is 0. The predicted octanol–water partition coefficient (Wildman–Crippen LogP) is 1.55. The van der Waals surface area contributed by atoms with E-state index < -0.39 is 0 Å². The minimum Gasteiger partial charge on any atom is -0.326 e. The first kappa shape index (κ1) is 10.0. The van der Waals surface area contributed by atoms with Gasteiger partial charge in [-0.05, 0) is 11.6 Å². The SMILES string of the molecule is C#Cc1ccccc1CN.Cl. The highest BCUT2D eigenvalue weighted by atomic mass is 35.5. The third-order valence-electron chi connectivity index (χ3n) is 1.39. The van der Waals surface area contributed by atoms with Crippen LogP contribution in [-0.4, -0.2) is 0 Å². The molecule has 0 aromatic heterocycles. The Morgan fingerprint density at radius 2 is 2.00 bits per heavy atom. The van der Waals surface area contributed by atoms with Crippen molar-refractivity contribution in [3.05, 3.63) is 35.4 Å². The minimum atomic E-state index is 0. The highest BCUT2D eigenvalue weighted by molar-refractivity contribution is 5.85. The van der Waals surface area contributed by atoms with Crippen molar-refractivity contribution in [2.24, 2.45) is 5.73 Å². The monoisotopic (exact) mass is 167 g/mol. The third-order valence-corrected chi connectivity index (χ3v) is 1.39. The van der Waals surface area contributed by atoms with E-state index in [0.717, 1.165) is 11.1 Å². The van der Waals surface area contributed by atoms with E-state index in [9.17, 15) is 0 Å². The molecule has 1 aromatic rings. The van der Waals surface area contributed by atoms with Crippen molar-refractivity contribution in [1.29, 1.82) is 0 Å². The summed E-state index contributed by atoms with van der Waals surface area (Å²) >= 11 is 0. The van der Waals surface area contributed by atoms with E-state index in [2.05, 4.69) is 5.92 Å². The lowest BCUT2D eigenvalue weighted by molar-refractivity contribution is 1.06. The van der Waals surface area contributed by atoms with Crippen LogP contribution in [0.3, 0.4) is 0 Å². The summed E-state index contributed by atoms with van der Waals surface area (Å²) in [5.74, 6) is 2.57. The van der Waals surface area contributed by atoms with E-state index in [1.807, 2.05) is 24.3 Å². The van der Waals surface area contributed by atoms with Gasteiger partial charge in [-0.25, -0.2) is 0 Å². The second-order valence-electron chi connectivity index (χ2n) is 2.01. The number of rotatable bonds is 1. The Kier molecular flexibility index (Phi) is 4.36. The molecular weight excluding hydrogens is 158 g/mol. The van der Waals surface area contributed by atoms with Crippen LogP contribution in [-0.2, 0) is 6.54 Å². The molecular formula is C9H10ClN. The van der Waals surface area contributed by atoms with E-state index >= 15 is 0 Å². The number of halogens is 1. The number of terminal acetylenes is 1. The number of nitrogens with two attached hydrogens (primary N) is 1. The van der Waals surface area contributed by atoms with Crippen molar-refractivity contribution in [1.82, 2.24) is 0 Å². The average Bonchev–Trinajstić information content (AvgIpc) is 2.04. The van der Waals surface area contributed by atoms with Crippen molar-refractivity contribution >= 4 is 12.4 Å². The lowest BCUT2D eigenvalue weighted by Gasteiger charge is -1.97. The standard InChI is InChI=1S/C9H9N.ClH/c1-2-8-5-3-4-6-9(8)7-10;/h1,3-6H,7,10H2;1H. The molecule has 0 unspecified atom stereocenters. The fourth-order valence-electron chi connectivity index (χ4n) is 0.839. The summed E-state index contributed by atoms with van der Waals surface area (Å²) in [5, 5.41) is 0. The maximum Gasteiger partial charge on any atom is 0.0287 e. The Morgan fingerprint density at radius 3 is 2.45 bits per heavy atom.